The van der Waals surface area contributed by atoms with Gasteiger partial charge in [0.15, 0.2) is 0 Å². The molecule has 0 fully saturated rings. The van der Waals surface area contributed by atoms with Crippen LogP contribution in [-0.4, -0.2) is 73.4 Å². The molecule has 8 nitrogen and oxygen atoms in total. The van der Waals surface area contributed by atoms with Crippen molar-refractivity contribution < 1.29 is 32.9 Å². The molecular weight excluding hydrogens is 936 g/mol. The second-order valence-electron chi connectivity index (χ2n) is 22.8. The number of amides is 1. The van der Waals surface area contributed by atoms with Crippen molar-refractivity contribution in [2.24, 2.45) is 0 Å². The molecule has 1 amide bonds. The number of phosphoric ester groups is 1. The minimum Gasteiger partial charge on any atom is -0.387 e. The summed E-state index contributed by atoms with van der Waals surface area (Å²) in [5, 5.41) is 13.9. The molecule has 3 atom stereocenters. The largest absolute Gasteiger partial charge is 0.472 e. The highest BCUT2D eigenvalue weighted by atomic mass is 31.2. The number of phosphoric acid groups is 1. The molecule has 3 unspecified atom stereocenters. The highest BCUT2D eigenvalue weighted by molar-refractivity contribution is 7.47. The van der Waals surface area contributed by atoms with E-state index in [2.05, 4.69) is 67.8 Å². The normalized spacial score (nSPS) is 14.2. The molecule has 0 aromatic heterocycles. The van der Waals surface area contributed by atoms with E-state index < -0.39 is 20.0 Å². The van der Waals surface area contributed by atoms with Crippen molar-refractivity contribution in [3.63, 3.8) is 0 Å². The molecule has 0 aliphatic carbocycles. The molecule has 0 saturated heterocycles. The van der Waals surface area contributed by atoms with Gasteiger partial charge in [0.25, 0.3) is 0 Å². The first kappa shape index (κ1) is 72.2. The van der Waals surface area contributed by atoms with Crippen molar-refractivity contribution >= 4 is 13.7 Å². The van der Waals surface area contributed by atoms with Crippen molar-refractivity contribution in [3.05, 3.63) is 60.8 Å². The first-order chi connectivity index (χ1) is 36.0. The average Bonchev–Trinajstić information content (AvgIpc) is 3.36. The van der Waals surface area contributed by atoms with Crippen molar-refractivity contribution in [2.45, 2.75) is 309 Å². The number of carbonyl (C=O) groups excluding carboxylic acids is 1. The summed E-state index contributed by atoms with van der Waals surface area (Å²) in [5.41, 5.74) is 0. The van der Waals surface area contributed by atoms with Crippen LogP contribution in [0.15, 0.2) is 60.8 Å². The zero-order chi connectivity index (χ0) is 54.2. The lowest BCUT2D eigenvalue weighted by Crippen LogP contribution is -2.45. The van der Waals surface area contributed by atoms with Gasteiger partial charge in [-0.3, -0.25) is 13.8 Å². The number of aliphatic hydroxyl groups excluding tert-OH is 1. The van der Waals surface area contributed by atoms with Crippen LogP contribution in [0.25, 0.3) is 0 Å². The Labute approximate surface area is 460 Å². The van der Waals surface area contributed by atoms with Gasteiger partial charge < -0.3 is 19.8 Å². The quantitative estimate of drug-likeness (QED) is 0.0243. The first-order valence-corrected chi connectivity index (χ1v) is 33.2. The summed E-state index contributed by atoms with van der Waals surface area (Å²) in [6.07, 6.45) is 76.3. The van der Waals surface area contributed by atoms with Gasteiger partial charge in [-0.05, 0) is 77.0 Å². The summed E-state index contributed by atoms with van der Waals surface area (Å²) >= 11 is 0. The smallest absolute Gasteiger partial charge is 0.387 e. The lowest BCUT2D eigenvalue weighted by atomic mass is 10.0. The summed E-state index contributed by atoms with van der Waals surface area (Å²) in [6, 6.07) is -0.872. The lowest BCUT2D eigenvalue weighted by Gasteiger charge is -2.25. The van der Waals surface area contributed by atoms with Crippen molar-refractivity contribution in [3.8, 4) is 0 Å². The third kappa shape index (κ3) is 57.9. The van der Waals surface area contributed by atoms with Gasteiger partial charge in [0.1, 0.15) is 13.2 Å². The van der Waals surface area contributed by atoms with E-state index in [4.69, 9.17) is 9.05 Å². The van der Waals surface area contributed by atoms with Crippen LogP contribution in [0.2, 0.25) is 0 Å². The maximum Gasteiger partial charge on any atom is 0.472 e. The van der Waals surface area contributed by atoms with Gasteiger partial charge in [-0.2, -0.15) is 0 Å². The topological polar surface area (TPSA) is 105 Å². The predicted molar refractivity (Wildman–Crippen MR) is 323 cm³/mol. The molecule has 0 aromatic rings. The first-order valence-electron chi connectivity index (χ1n) is 31.7. The van der Waals surface area contributed by atoms with Gasteiger partial charge in [0, 0.05) is 6.42 Å². The van der Waals surface area contributed by atoms with Crippen molar-refractivity contribution in [2.75, 3.05) is 40.9 Å². The number of nitrogens with one attached hydrogen (secondary N) is 1. The summed E-state index contributed by atoms with van der Waals surface area (Å²) in [6.45, 7) is 4.81. The monoisotopic (exact) mass is 1060 g/mol. The third-order valence-electron chi connectivity index (χ3n) is 14.2. The molecule has 3 N–H and O–H groups in total. The van der Waals surface area contributed by atoms with E-state index in [1.165, 1.54) is 225 Å². The molecular formula is C65H124N2O6P+. The van der Waals surface area contributed by atoms with Crippen LogP contribution in [0, 0.1) is 0 Å². The Hall–Kier alpha value is -1.80. The van der Waals surface area contributed by atoms with Gasteiger partial charge in [-0.25, -0.2) is 4.57 Å². The standard InChI is InChI=1S/C65H123N2O6P/c1-6-8-10-12-14-16-18-20-22-24-26-28-29-30-31-32-33-34-35-36-37-39-41-43-45-47-49-51-53-55-57-59-65(69)66-63(62-73-74(70,71)72-61-60-67(3,4)5)64(68)58-56-54-52-50-48-46-44-42-40-38-27-25-23-21-19-17-15-13-11-9-7-2/h26,28,30-31,40,42,48,50,56,58,63-64,68H,6-25,27,29,32-39,41,43-47,49,51-55,57,59-62H2,1-5H3,(H-,66,69,70,71)/p+1/b28-26-,31-30-,42-40+,50-48+,58-56+. The average molecular weight is 1060 g/mol. The third-order valence-corrected chi connectivity index (χ3v) is 15.2. The fourth-order valence-corrected chi connectivity index (χ4v) is 9.96. The number of carbonyl (C=O) groups is 1. The molecule has 434 valence electrons. The Kier molecular flexibility index (Phi) is 54.6. The van der Waals surface area contributed by atoms with Crippen molar-refractivity contribution in [1.29, 1.82) is 0 Å². The summed E-state index contributed by atoms with van der Waals surface area (Å²) in [7, 11) is 1.55. The fourth-order valence-electron chi connectivity index (χ4n) is 9.22. The molecule has 0 spiro atoms. The van der Waals surface area contributed by atoms with Gasteiger partial charge in [0.05, 0.1) is 39.9 Å². The predicted octanol–water partition coefficient (Wildman–Crippen LogP) is 19.7. The van der Waals surface area contributed by atoms with E-state index >= 15 is 0 Å². The maximum absolute atomic E-state index is 13.0. The minimum absolute atomic E-state index is 0.0527. The van der Waals surface area contributed by atoms with E-state index in [0.29, 0.717) is 17.4 Å². The summed E-state index contributed by atoms with van der Waals surface area (Å²) < 4.78 is 23.7. The Morgan fingerprint density at radius 3 is 1.16 bits per heavy atom. The molecule has 9 heteroatoms. The molecule has 0 bridgehead atoms. The van der Waals surface area contributed by atoms with Crippen LogP contribution in [0.5, 0.6) is 0 Å². The number of aliphatic hydroxyl groups is 1. The second-order valence-corrected chi connectivity index (χ2v) is 24.2. The number of rotatable bonds is 58. The number of likely N-dealkylation sites (N-methyl/N-ethyl adjacent to an activating group) is 1. The Morgan fingerprint density at radius 1 is 0.459 bits per heavy atom. The van der Waals surface area contributed by atoms with E-state index in [0.717, 1.165) is 51.4 Å². The van der Waals surface area contributed by atoms with E-state index in [-0.39, 0.29) is 19.1 Å². The summed E-state index contributed by atoms with van der Waals surface area (Å²) in [5.74, 6) is -0.189. The molecule has 0 saturated carbocycles. The number of unbranched alkanes of at least 4 members (excludes halogenated alkanes) is 37. The Bertz CT molecular complexity index is 1390. The molecule has 0 radical (unpaired) electrons. The highest BCUT2D eigenvalue weighted by Gasteiger charge is 2.27. The molecule has 74 heavy (non-hydrogen) atoms. The highest BCUT2D eigenvalue weighted by Crippen LogP contribution is 2.43. The van der Waals surface area contributed by atoms with Crippen molar-refractivity contribution in [1.82, 2.24) is 5.32 Å². The van der Waals surface area contributed by atoms with Crippen LogP contribution in [0.3, 0.4) is 0 Å². The molecule has 0 heterocycles. The van der Waals surface area contributed by atoms with E-state index in [9.17, 15) is 19.4 Å². The van der Waals surface area contributed by atoms with Crippen LogP contribution in [-0.2, 0) is 18.4 Å². The van der Waals surface area contributed by atoms with Crippen LogP contribution in [0.4, 0.5) is 0 Å². The van der Waals surface area contributed by atoms with Crippen LogP contribution < -0.4 is 5.32 Å². The number of hydrogen-bond donors (Lipinski definition) is 3. The number of hydrogen-bond acceptors (Lipinski definition) is 5. The van der Waals surface area contributed by atoms with Crippen LogP contribution in [0.1, 0.15) is 296 Å². The number of nitrogens with zero attached hydrogens (tertiary/aromatic N) is 1. The number of quaternary nitrogens is 1. The SMILES string of the molecule is CCCCCCCCCCC/C=C\C/C=C\CCCCCCCCCCCCCCCCCC(=O)NC(COP(=O)(O)OCC[N+](C)(C)C)C(O)/C=C/CC/C=C/CC/C=C/CCCCCCCCCCCCC. The lowest BCUT2D eigenvalue weighted by molar-refractivity contribution is -0.870. The maximum atomic E-state index is 13.0. The van der Waals surface area contributed by atoms with Gasteiger partial charge in [-0.1, -0.05) is 274 Å². The zero-order valence-corrected chi connectivity index (χ0v) is 50.5. The Balaban J connectivity index is 4.16. The van der Waals surface area contributed by atoms with Gasteiger partial charge in [0.2, 0.25) is 5.91 Å². The summed E-state index contributed by atoms with van der Waals surface area (Å²) in [4.78, 5) is 23.3. The molecule has 0 aromatic carbocycles. The van der Waals surface area contributed by atoms with E-state index in [1.807, 2.05) is 27.2 Å². The fraction of sp³-hybridized carbons (Fsp3) is 0.831. The number of allylic oxidation sites excluding steroid dienone is 9. The van der Waals surface area contributed by atoms with Gasteiger partial charge >= 0.3 is 7.82 Å². The molecule has 0 rings (SSSR count). The minimum atomic E-state index is -4.36. The zero-order valence-electron chi connectivity index (χ0n) is 49.6. The second kappa shape index (κ2) is 55.9. The van der Waals surface area contributed by atoms with Gasteiger partial charge in [-0.15, -0.1) is 0 Å². The molecule has 0 aliphatic heterocycles. The van der Waals surface area contributed by atoms with Crippen LogP contribution >= 0.6 is 7.82 Å². The Morgan fingerprint density at radius 2 is 0.784 bits per heavy atom. The van der Waals surface area contributed by atoms with E-state index in [1.54, 1.807) is 6.08 Å². The molecule has 0 aliphatic rings.